The van der Waals surface area contributed by atoms with E-state index in [1.165, 1.54) is 4.90 Å². The Labute approximate surface area is 128 Å². The quantitative estimate of drug-likeness (QED) is 0.880. The molecule has 0 atom stereocenters. The van der Waals surface area contributed by atoms with E-state index in [4.69, 9.17) is 14.9 Å². The molecule has 0 fully saturated rings. The van der Waals surface area contributed by atoms with Crippen molar-refractivity contribution in [2.24, 2.45) is 5.73 Å². The van der Waals surface area contributed by atoms with Gasteiger partial charge in [-0.1, -0.05) is 12.1 Å². The lowest BCUT2D eigenvalue weighted by Gasteiger charge is -2.18. The van der Waals surface area contributed by atoms with Crippen molar-refractivity contribution in [1.29, 1.82) is 0 Å². The first kappa shape index (κ1) is 15.6. The summed E-state index contributed by atoms with van der Waals surface area (Å²) in [5, 5.41) is 0. The Morgan fingerprint density at radius 3 is 2.59 bits per heavy atom. The summed E-state index contributed by atoms with van der Waals surface area (Å²) in [5.41, 5.74) is 5.43. The van der Waals surface area contributed by atoms with Crippen molar-refractivity contribution in [2.45, 2.75) is 13.5 Å². The molecule has 0 unspecified atom stereocenters. The van der Waals surface area contributed by atoms with Gasteiger partial charge < -0.3 is 19.8 Å². The number of nitrogens with zero attached hydrogens (tertiary/aromatic N) is 1. The van der Waals surface area contributed by atoms with Gasteiger partial charge in [-0.3, -0.25) is 9.59 Å². The van der Waals surface area contributed by atoms with E-state index in [1.54, 1.807) is 31.3 Å². The second kappa shape index (κ2) is 6.80. The number of furan rings is 1. The number of amides is 2. The van der Waals surface area contributed by atoms with E-state index in [9.17, 15) is 9.59 Å². The normalized spacial score (nSPS) is 10.3. The molecule has 0 bridgehead atoms. The van der Waals surface area contributed by atoms with Crippen LogP contribution in [0.3, 0.4) is 0 Å². The van der Waals surface area contributed by atoms with Crippen molar-refractivity contribution in [3.63, 3.8) is 0 Å². The monoisotopic (exact) mass is 302 g/mol. The molecule has 0 aliphatic rings. The minimum atomic E-state index is -0.596. The van der Waals surface area contributed by atoms with Gasteiger partial charge in [0.25, 0.3) is 11.8 Å². The molecule has 2 amide bonds. The number of ether oxygens (including phenoxy) is 1. The van der Waals surface area contributed by atoms with Crippen molar-refractivity contribution >= 4 is 11.8 Å². The summed E-state index contributed by atoms with van der Waals surface area (Å²) in [6, 6.07) is 10.4. The lowest BCUT2D eigenvalue weighted by atomic mass is 10.1. The van der Waals surface area contributed by atoms with Gasteiger partial charge in [-0.05, 0) is 31.2 Å². The van der Waals surface area contributed by atoms with Crippen LogP contribution in [-0.2, 0) is 11.3 Å². The van der Waals surface area contributed by atoms with Crippen molar-refractivity contribution < 1.29 is 18.7 Å². The summed E-state index contributed by atoms with van der Waals surface area (Å²) in [6.07, 6.45) is 0. The maximum atomic E-state index is 12.5. The Morgan fingerprint density at radius 2 is 1.95 bits per heavy atom. The third-order valence-electron chi connectivity index (χ3n) is 3.02. The number of primary amides is 1. The number of hydrogen-bond donors (Lipinski definition) is 1. The van der Waals surface area contributed by atoms with Crippen LogP contribution in [0.15, 0.2) is 40.8 Å². The van der Waals surface area contributed by atoms with Crippen molar-refractivity contribution in [2.75, 3.05) is 13.7 Å². The number of carbonyl (C=O) groups excluding carboxylic acids is 2. The second-order valence-electron chi connectivity index (χ2n) is 4.92. The molecule has 0 saturated heterocycles. The molecule has 0 aliphatic carbocycles. The molecular weight excluding hydrogens is 284 g/mol. The molecule has 0 saturated carbocycles. The van der Waals surface area contributed by atoms with Gasteiger partial charge in [0.1, 0.15) is 17.3 Å². The molecule has 1 heterocycles. The third-order valence-corrected chi connectivity index (χ3v) is 3.02. The average Bonchev–Trinajstić information content (AvgIpc) is 2.89. The van der Waals surface area contributed by atoms with Gasteiger partial charge in [0.15, 0.2) is 6.61 Å². The molecule has 0 radical (unpaired) electrons. The lowest BCUT2D eigenvalue weighted by molar-refractivity contribution is -0.119. The second-order valence-corrected chi connectivity index (χ2v) is 4.92. The highest BCUT2D eigenvalue weighted by Gasteiger charge is 2.18. The first-order chi connectivity index (χ1) is 10.5. The highest BCUT2D eigenvalue weighted by molar-refractivity contribution is 5.96. The van der Waals surface area contributed by atoms with Gasteiger partial charge in [-0.25, -0.2) is 0 Å². The van der Waals surface area contributed by atoms with E-state index in [0.29, 0.717) is 23.6 Å². The minimum Gasteiger partial charge on any atom is -0.483 e. The fraction of sp³-hybridized carbons (Fsp3) is 0.250. The number of aryl methyl sites for hydroxylation is 1. The summed E-state index contributed by atoms with van der Waals surface area (Å²) in [7, 11) is 1.67. The standard InChI is InChI=1S/C16H18N2O4/c1-11-7-8-12(22-11)9-18(2)16(20)13-5-3-4-6-14(13)21-10-15(17)19/h3-8H,9-10H2,1-2H3,(H2,17,19). The molecule has 6 nitrogen and oxygen atoms in total. The Balaban J connectivity index is 2.12. The highest BCUT2D eigenvalue weighted by Crippen LogP contribution is 2.20. The molecule has 6 heteroatoms. The SMILES string of the molecule is Cc1ccc(CN(C)C(=O)c2ccccc2OCC(N)=O)o1. The molecule has 2 N–H and O–H groups in total. The molecule has 0 spiro atoms. The third kappa shape index (κ3) is 3.88. The Hall–Kier alpha value is -2.76. The van der Waals surface area contributed by atoms with E-state index >= 15 is 0 Å². The molecule has 2 rings (SSSR count). The molecule has 22 heavy (non-hydrogen) atoms. The predicted molar refractivity (Wildman–Crippen MR) is 80.4 cm³/mol. The molecular formula is C16H18N2O4. The summed E-state index contributed by atoms with van der Waals surface area (Å²) < 4.78 is 10.7. The maximum absolute atomic E-state index is 12.5. The van der Waals surface area contributed by atoms with Crippen LogP contribution in [0.25, 0.3) is 0 Å². The summed E-state index contributed by atoms with van der Waals surface area (Å²) in [5.74, 6) is 0.995. The first-order valence-corrected chi connectivity index (χ1v) is 6.78. The Kier molecular flexibility index (Phi) is 4.83. The molecule has 0 aliphatic heterocycles. The highest BCUT2D eigenvalue weighted by atomic mass is 16.5. The van der Waals surface area contributed by atoms with Crippen molar-refractivity contribution in [1.82, 2.24) is 4.90 Å². The van der Waals surface area contributed by atoms with E-state index in [1.807, 2.05) is 19.1 Å². The Bertz CT molecular complexity index is 678. The number of benzene rings is 1. The molecule has 1 aromatic heterocycles. The van der Waals surface area contributed by atoms with E-state index in [2.05, 4.69) is 0 Å². The van der Waals surface area contributed by atoms with Crippen molar-refractivity contribution in [3.8, 4) is 5.75 Å². The van der Waals surface area contributed by atoms with Crippen LogP contribution in [0.5, 0.6) is 5.75 Å². The van der Waals surface area contributed by atoms with Crippen LogP contribution >= 0.6 is 0 Å². The fourth-order valence-electron chi connectivity index (χ4n) is 2.00. The van der Waals surface area contributed by atoms with E-state index in [0.717, 1.165) is 5.76 Å². The van der Waals surface area contributed by atoms with Crippen LogP contribution in [0, 0.1) is 6.92 Å². The topological polar surface area (TPSA) is 85.8 Å². The average molecular weight is 302 g/mol. The first-order valence-electron chi connectivity index (χ1n) is 6.78. The fourth-order valence-corrected chi connectivity index (χ4v) is 2.00. The lowest BCUT2D eigenvalue weighted by Crippen LogP contribution is -2.27. The van der Waals surface area contributed by atoms with Gasteiger partial charge in [-0.15, -0.1) is 0 Å². The van der Waals surface area contributed by atoms with Crippen LogP contribution < -0.4 is 10.5 Å². The summed E-state index contributed by atoms with van der Waals surface area (Å²) in [4.78, 5) is 24.8. The number of nitrogens with two attached hydrogens (primary N) is 1. The van der Waals surface area contributed by atoms with Gasteiger partial charge >= 0.3 is 0 Å². The minimum absolute atomic E-state index is 0.228. The number of rotatable bonds is 6. The van der Waals surface area contributed by atoms with Gasteiger partial charge in [0, 0.05) is 7.05 Å². The van der Waals surface area contributed by atoms with Gasteiger partial charge in [0.2, 0.25) is 0 Å². The van der Waals surface area contributed by atoms with Crippen LogP contribution in [0.1, 0.15) is 21.9 Å². The number of para-hydroxylation sites is 1. The summed E-state index contributed by atoms with van der Waals surface area (Å²) >= 11 is 0. The van der Waals surface area contributed by atoms with Crippen molar-refractivity contribution in [3.05, 3.63) is 53.5 Å². The van der Waals surface area contributed by atoms with Gasteiger partial charge in [0.05, 0.1) is 12.1 Å². The molecule has 1 aromatic carbocycles. The zero-order valence-electron chi connectivity index (χ0n) is 12.5. The maximum Gasteiger partial charge on any atom is 0.257 e. The van der Waals surface area contributed by atoms with Crippen LogP contribution in [-0.4, -0.2) is 30.4 Å². The van der Waals surface area contributed by atoms with E-state index < -0.39 is 5.91 Å². The molecule has 116 valence electrons. The summed E-state index contributed by atoms with van der Waals surface area (Å²) in [6.45, 7) is 1.92. The zero-order valence-corrected chi connectivity index (χ0v) is 12.5. The smallest absolute Gasteiger partial charge is 0.257 e. The van der Waals surface area contributed by atoms with Crippen LogP contribution in [0.2, 0.25) is 0 Å². The predicted octanol–water partition coefficient (Wildman–Crippen LogP) is 1.72. The Morgan fingerprint density at radius 1 is 1.23 bits per heavy atom. The van der Waals surface area contributed by atoms with Crippen LogP contribution in [0.4, 0.5) is 0 Å². The van der Waals surface area contributed by atoms with Gasteiger partial charge in [-0.2, -0.15) is 0 Å². The largest absolute Gasteiger partial charge is 0.483 e. The van der Waals surface area contributed by atoms with E-state index in [-0.39, 0.29) is 12.5 Å². The zero-order chi connectivity index (χ0) is 16.1. The molecule has 2 aromatic rings. The number of hydrogen-bond acceptors (Lipinski definition) is 4. The number of carbonyl (C=O) groups is 2.